The Morgan fingerprint density at radius 2 is 1.88 bits per heavy atom. The number of hydrogen-bond acceptors (Lipinski definition) is 4. The van der Waals surface area contributed by atoms with Crippen LogP contribution in [0, 0.1) is 0 Å². The first-order valence-corrected chi connectivity index (χ1v) is 5.78. The van der Waals surface area contributed by atoms with Crippen LogP contribution in [0.1, 0.15) is 40.0 Å². The Hall–Kier alpha value is -0.300. The molecule has 0 bridgehead atoms. The number of halogens is 2. The van der Waals surface area contributed by atoms with Gasteiger partial charge in [0.2, 0.25) is 0 Å². The first-order chi connectivity index (χ1) is 7.70. The van der Waals surface area contributed by atoms with Crippen LogP contribution in [0.15, 0.2) is 0 Å². The molecule has 1 atom stereocenters. The number of hydroxylamine groups is 2. The molecule has 17 heavy (non-hydrogen) atoms. The van der Waals surface area contributed by atoms with Gasteiger partial charge in [0.1, 0.15) is 0 Å². The van der Waals surface area contributed by atoms with Gasteiger partial charge in [0, 0.05) is 6.54 Å². The summed E-state index contributed by atoms with van der Waals surface area (Å²) in [6.07, 6.45) is 2.61. The van der Waals surface area contributed by atoms with Crippen LogP contribution in [0.4, 0.5) is 8.78 Å². The summed E-state index contributed by atoms with van der Waals surface area (Å²) < 4.78 is 27.3. The fourth-order valence-corrected chi connectivity index (χ4v) is 1.34. The van der Waals surface area contributed by atoms with E-state index in [9.17, 15) is 14.0 Å². The van der Waals surface area contributed by atoms with Crippen LogP contribution >= 0.6 is 0 Å². The van der Waals surface area contributed by atoms with Crippen LogP contribution in [-0.4, -0.2) is 46.8 Å². The lowest BCUT2D eigenvalue weighted by Gasteiger charge is -2.29. The van der Waals surface area contributed by atoms with Crippen molar-refractivity contribution in [3.05, 3.63) is 0 Å². The number of aliphatic hydroxyl groups is 1. The normalized spacial score (nSPS) is 22.2. The highest BCUT2D eigenvalue weighted by atomic mass is 19.3. The average Bonchev–Trinajstić information content (AvgIpc) is 2.13. The second-order valence-electron chi connectivity index (χ2n) is 5.08. The van der Waals surface area contributed by atoms with Crippen molar-refractivity contribution in [2.75, 3.05) is 13.2 Å². The number of alkyl halides is 2. The van der Waals surface area contributed by atoms with Gasteiger partial charge in [-0.15, -0.1) is 0 Å². The standard InChI is InChI=1S/C7H13F2NO2.C4H10O/c8-7(9)12-5-6-3-1-2-4-10(6)11;1-4(2,3)5/h6-7,11H,1-5H2;5H,1-3H3/t6-;/m1./s1. The van der Waals surface area contributed by atoms with E-state index in [0.717, 1.165) is 24.3 Å². The highest BCUT2D eigenvalue weighted by molar-refractivity contribution is 4.70. The fraction of sp³-hybridized carbons (Fsp3) is 1.00. The molecular formula is C11H23F2NO3. The largest absolute Gasteiger partial charge is 0.391 e. The SMILES string of the molecule is CC(C)(C)O.ON1CCCC[C@@H]1COC(F)F. The molecule has 1 rings (SSSR count). The topological polar surface area (TPSA) is 52.9 Å². The molecule has 1 heterocycles. The third-order valence-electron chi connectivity index (χ3n) is 2.01. The van der Waals surface area contributed by atoms with Crippen molar-refractivity contribution < 1.29 is 23.8 Å². The van der Waals surface area contributed by atoms with Crippen molar-refractivity contribution in [3.63, 3.8) is 0 Å². The van der Waals surface area contributed by atoms with Crippen LogP contribution in [0.25, 0.3) is 0 Å². The zero-order valence-corrected chi connectivity index (χ0v) is 10.7. The maximum Gasteiger partial charge on any atom is 0.345 e. The van der Waals surface area contributed by atoms with E-state index in [-0.39, 0.29) is 12.6 Å². The van der Waals surface area contributed by atoms with Crippen LogP contribution < -0.4 is 0 Å². The zero-order chi connectivity index (χ0) is 13.5. The third-order valence-corrected chi connectivity index (χ3v) is 2.01. The molecule has 0 saturated carbocycles. The molecule has 0 aromatic rings. The molecule has 0 unspecified atom stereocenters. The number of nitrogens with zero attached hydrogens (tertiary/aromatic N) is 1. The Balaban J connectivity index is 0.000000437. The molecule has 0 amide bonds. The van der Waals surface area contributed by atoms with E-state index < -0.39 is 12.2 Å². The molecule has 104 valence electrons. The minimum atomic E-state index is -2.74. The van der Waals surface area contributed by atoms with E-state index >= 15 is 0 Å². The molecule has 0 aromatic carbocycles. The maximum atomic E-state index is 11.6. The summed E-state index contributed by atoms with van der Waals surface area (Å²) in [7, 11) is 0. The first-order valence-electron chi connectivity index (χ1n) is 5.78. The van der Waals surface area contributed by atoms with Crippen LogP contribution in [0.2, 0.25) is 0 Å². The molecule has 0 aliphatic carbocycles. The predicted octanol–water partition coefficient (Wildman–Crippen LogP) is 2.25. The molecule has 0 spiro atoms. The third kappa shape index (κ3) is 12.0. The average molecular weight is 255 g/mol. The van der Waals surface area contributed by atoms with Gasteiger partial charge in [-0.05, 0) is 33.6 Å². The van der Waals surface area contributed by atoms with Crippen molar-refractivity contribution in [2.24, 2.45) is 0 Å². The van der Waals surface area contributed by atoms with Gasteiger partial charge < -0.3 is 15.1 Å². The molecule has 1 aliphatic heterocycles. The van der Waals surface area contributed by atoms with Crippen molar-refractivity contribution in [1.82, 2.24) is 5.06 Å². The lowest BCUT2D eigenvalue weighted by molar-refractivity contribution is -0.193. The summed E-state index contributed by atoms with van der Waals surface area (Å²) in [5.41, 5.74) is -0.500. The molecule has 1 fully saturated rings. The lowest BCUT2D eigenvalue weighted by atomic mass is 10.1. The summed E-state index contributed by atoms with van der Waals surface area (Å²) >= 11 is 0. The van der Waals surface area contributed by atoms with Gasteiger partial charge in [0.15, 0.2) is 0 Å². The highest BCUT2D eigenvalue weighted by Gasteiger charge is 2.21. The quantitative estimate of drug-likeness (QED) is 0.812. The van der Waals surface area contributed by atoms with Crippen molar-refractivity contribution >= 4 is 0 Å². The second-order valence-corrected chi connectivity index (χ2v) is 5.08. The molecule has 6 heteroatoms. The fourth-order valence-electron chi connectivity index (χ4n) is 1.34. The van der Waals surface area contributed by atoms with Crippen molar-refractivity contribution in [2.45, 2.75) is 58.3 Å². The van der Waals surface area contributed by atoms with Gasteiger partial charge in [-0.1, -0.05) is 6.42 Å². The minimum Gasteiger partial charge on any atom is -0.391 e. The molecule has 0 aromatic heterocycles. The van der Waals surface area contributed by atoms with Crippen LogP contribution in [0.5, 0.6) is 0 Å². The summed E-state index contributed by atoms with van der Waals surface area (Å²) in [6.45, 7) is 2.96. The van der Waals surface area contributed by atoms with Gasteiger partial charge in [-0.2, -0.15) is 13.8 Å². The van der Waals surface area contributed by atoms with Gasteiger partial charge >= 0.3 is 6.61 Å². The highest BCUT2D eigenvalue weighted by Crippen LogP contribution is 2.15. The lowest BCUT2D eigenvalue weighted by Crippen LogP contribution is -2.40. The summed E-state index contributed by atoms with van der Waals surface area (Å²) in [5, 5.41) is 18.8. The van der Waals surface area contributed by atoms with E-state index in [1.54, 1.807) is 20.8 Å². The van der Waals surface area contributed by atoms with Crippen LogP contribution in [-0.2, 0) is 4.74 Å². The monoisotopic (exact) mass is 255 g/mol. The van der Waals surface area contributed by atoms with Gasteiger partial charge in [-0.3, -0.25) is 0 Å². The van der Waals surface area contributed by atoms with E-state index in [0.29, 0.717) is 6.54 Å². The number of ether oxygens (including phenoxy) is 1. The molecule has 0 radical (unpaired) electrons. The Morgan fingerprint density at radius 1 is 1.35 bits per heavy atom. The van der Waals surface area contributed by atoms with E-state index in [1.165, 1.54) is 0 Å². The Kier molecular flexibility index (Phi) is 7.78. The molecule has 1 saturated heterocycles. The molecule has 4 nitrogen and oxygen atoms in total. The van der Waals surface area contributed by atoms with E-state index in [4.69, 9.17) is 5.11 Å². The Morgan fingerprint density at radius 3 is 2.29 bits per heavy atom. The zero-order valence-electron chi connectivity index (χ0n) is 10.7. The molecule has 2 N–H and O–H groups in total. The van der Waals surface area contributed by atoms with E-state index in [1.807, 2.05) is 0 Å². The number of hydrogen-bond donors (Lipinski definition) is 2. The number of piperidine rings is 1. The van der Waals surface area contributed by atoms with Gasteiger partial charge in [0.05, 0.1) is 18.2 Å². The summed E-state index contributed by atoms with van der Waals surface area (Å²) in [6, 6.07) is -0.257. The van der Waals surface area contributed by atoms with Crippen LogP contribution in [0.3, 0.4) is 0 Å². The number of rotatable bonds is 3. The van der Waals surface area contributed by atoms with E-state index in [2.05, 4.69) is 4.74 Å². The van der Waals surface area contributed by atoms with Crippen molar-refractivity contribution in [3.8, 4) is 0 Å². The Bertz CT molecular complexity index is 192. The summed E-state index contributed by atoms with van der Waals surface area (Å²) in [5.74, 6) is 0. The minimum absolute atomic E-state index is 0.0891. The Labute approximate surface area is 101 Å². The molecular weight excluding hydrogens is 232 g/mol. The smallest absolute Gasteiger partial charge is 0.345 e. The molecule has 1 aliphatic rings. The predicted molar refractivity (Wildman–Crippen MR) is 60.1 cm³/mol. The van der Waals surface area contributed by atoms with Gasteiger partial charge in [-0.25, -0.2) is 0 Å². The summed E-state index contributed by atoms with van der Waals surface area (Å²) in [4.78, 5) is 0. The maximum absolute atomic E-state index is 11.6. The van der Waals surface area contributed by atoms with Crippen molar-refractivity contribution in [1.29, 1.82) is 0 Å². The van der Waals surface area contributed by atoms with Gasteiger partial charge in [0.25, 0.3) is 0 Å². The first kappa shape index (κ1) is 16.7. The second kappa shape index (κ2) is 7.92.